The second-order valence-electron chi connectivity index (χ2n) is 6.96. The Morgan fingerprint density at radius 2 is 1.88 bits per heavy atom. The zero-order chi connectivity index (χ0) is 17.1. The number of fused-ring (bicyclic) bond motifs is 1. The number of piperazine rings is 1. The van der Waals surface area contributed by atoms with E-state index in [4.69, 9.17) is 0 Å². The van der Waals surface area contributed by atoms with E-state index in [9.17, 15) is 9.59 Å². The molecule has 0 saturated carbocycles. The van der Waals surface area contributed by atoms with Crippen LogP contribution in [0, 0.1) is 5.92 Å². The molecule has 0 bridgehead atoms. The molecular formula is C19H25N3O2. The third kappa shape index (κ3) is 3.85. The summed E-state index contributed by atoms with van der Waals surface area (Å²) in [4.78, 5) is 31.9. The molecule has 3 rings (SSSR count). The van der Waals surface area contributed by atoms with E-state index in [-0.39, 0.29) is 17.9 Å². The fourth-order valence-corrected chi connectivity index (χ4v) is 3.29. The summed E-state index contributed by atoms with van der Waals surface area (Å²) in [6, 6.07) is 9.47. The zero-order valence-corrected chi connectivity index (χ0v) is 14.4. The molecule has 1 aromatic carbocycles. The van der Waals surface area contributed by atoms with Gasteiger partial charge in [0.05, 0.1) is 6.42 Å². The molecule has 1 aromatic heterocycles. The maximum Gasteiger partial charge on any atom is 0.252 e. The topological polar surface area (TPSA) is 56.4 Å². The van der Waals surface area contributed by atoms with Crippen LogP contribution in [0.2, 0.25) is 0 Å². The highest BCUT2D eigenvalue weighted by Crippen LogP contribution is 2.12. The number of para-hydroxylation sites is 1. The molecule has 0 unspecified atom stereocenters. The van der Waals surface area contributed by atoms with Crippen LogP contribution in [-0.4, -0.2) is 53.4 Å². The number of aromatic amines is 1. The minimum absolute atomic E-state index is 0.0416. The number of amides is 1. The molecule has 1 aliphatic rings. The number of nitrogens with zero attached hydrogens (tertiary/aromatic N) is 2. The van der Waals surface area contributed by atoms with Crippen LogP contribution in [-0.2, 0) is 11.2 Å². The lowest BCUT2D eigenvalue weighted by Gasteiger charge is -2.35. The highest BCUT2D eigenvalue weighted by atomic mass is 16.2. The second-order valence-corrected chi connectivity index (χ2v) is 6.96. The molecule has 128 valence electrons. The van der Waals surface area contributed by atoms with Gasteiger partial charge in [0, 0.05) is 43.8 Å². The standard InChI is InChI=1S/C19H25N3O2/c1-14(2)13-21-7-9-22(10-8-21)18(23)12-16-11-15-5-3-4-6-17(15)20-19(16)24/h3-6,11,14H,7-10,12-13H2,1-2H3,(H,20,24). The predicted octanol–water partition coefficient (Wildman–Crippen LogP) is 1.87. The highest BCUT2D eigenvalue weighted by Gasteiger charge is 2.22. The van der Waals surface area contributed by atoms with Crippen LogP contribution in [0.25, 0.3) is 10.9 Å². The van der Waals surface area contributed by atoms with Crippen molar-refractivity contribution in [1.82, 2.24) is 14.8 Å². The number of rotatable bonds is 4. The van der Waals surface area contributed by atoms with E-state index < -0.39 is 0 Å². The Labute approximate surface area is 142 Å². The van der Waals surface area contributed by atoms with Gasteiger partial charge in [-0.15, -0.1) is 0 Å². The Kier molecular flexibility index (Phi) is 5.00. The van der Waals surface area contributed by atoms with Gasteiger partial charge in [-0.25, -0.2) is 0 Å². The molecule has 0 spiro atoms. The normalized spacial score (nSPS) is 16.0. The van der Waals surface area contributed by atoms with E-state index in [1.54, 1.807) is 0 Å². The van der Waals surface area contributed by atoms with E-state index in [2.05, 4.69) is 23.7 Å². The van der Waals surface area contributed by atoms with Gasteiger partial charge in [-0.3, -0.25) is 14.5 Å². The number of benzene rings is 1. The van der Waals surface area contributed by atoms with E-state index in [0.29, 0.717) is 11.5 Å². The largest absolute Gasteiger partial charge is 0.340 e. The van der Waals surface area contributed by atoms with Gasteiger partial charge in [-0.1, -0.05) is 32.0 Å². The first-order chi connectivity index (χ1) is 11.5. The molecule has 2 heterocycles. The third-order valence-electron chi connectivity index (χ3n) is 4.52. The lowest BCUT2D eigenvalue weighted by atomic mass is 10.1. The summed E-state index contributed by atoms with van der Waals surface area (Å²) in [6.45, 7) is 8.82. The quantitative estimate of drug-likeness (QED) is 0.933. The van der Waals surface area contributed by atoms with Crippen molar-refractivity contribution in [3.05, 3.63) is 46.2 Å². The van der Waals surface area contributed by atoms with Gasteiger partial charge >= 0.3 is 0 Å². The van der Waals surface area contributed by atoms with Gasteiger partial charge in [-0.2, -0.15) is 0 Å². The first-order valence-electron chi connectivity index (χ1n) is 8.64. The Morgan fingerprint density at radius 3 is 2.58 bits per heavy atom. The molecule has 1 saturated heterocycles. The van der Waals surface area contributed by atoms with Crippen molar-refractivity contribution < 1.29 is 4.79 Å². The molecule has 1 N–H and O–H groups in total. The number of hydrogen-bond acceptors (Lipinski definition) is 3. The highest BCUT2D eigenvalue weighted by molar-refractivity contribution is 5.82. The van der Waals surface area contributed by atoms with Gasteiger partial charge < -0.3 is 9.88 Å². The molecule has 24 heavy (non-hydrogen) atoms. The average molecular weight is 327 g/mol. The van der Waals surface area contributed by atoms with E-state index in [1.165, 1.54) is 0 Å². The maximum absolute atomic E-state index is 12.5. The fraction of sp³-hybridized carbons (Fsp3) is 0.474. The lowest BCUT2D eigenvalue weighted by molar-refractivity contribution is -0.132. The Hall–Kier alpha value is -2.14. The van der Waals surface area contributed by atoms with Crippen LogP contribution in [0.15, 0.2) is 35.1 Å². The van der Waals surface area contributed by atoms with Gasteiger partial charge in [-0.05, 0) is 23.4 Å². The number of nitrogens with one attached hydrogen (secondary N) is 1. The van der Waals surface area contributed by atoms with Crippen molar-refractivity contribution >= 4 is 16.8 Å². The van der Waals surface area contributed by atoms with Crippen molar-refractivity contribution in [1.29, 1.82) is 0 Å². The van der Waals surface area contributed by atoms with E-state index in [0.717, 1.165) is 43.6 Å². The predicted molar refractivity (Wildman–Crippen MR) is 96.1 cm³/mol. The zero-order valence-electron chi connectivity index (χ0n) is 14.4. The fourth-order valence-electron chi connectivity index (χ4n) is 3.29. The minimum Gasteiger partial charge on any atom is -0.340 e. The molecule has 2 aromatic rings. The molecule has 1 aliphatic heterocycles. The molecule has 0 aliphatic carbocycles. The summed E-state index contributed by atoms with van der Waals surface area (Å²) in [5.74, 6) is 0.684. The average Bonchev–Trinajstić information content (AvgIpc) is 2.55. The number of pyridine rings is 1. The summed E-state index contributed by atoms with van der Waals surface area (Å²) in [5, 5.41) is 0.960. The Morgan fingerprint density at radius 1 is 1.17 bits per heavy atom. The van der Waals surface area contributed by atoms with Crippen LogP contribution in [0.4, 0.5) is 0 Å². The summed E-state index contributed by atoms with van der Waals surface area (Å²) in [6.07, 6.45) is 0.171. The first-order valence-corrected chi connectivity index (χ1v) is 8.64. The Bertz CT molecular complexity index is 774. The van der Waals surface area contributed by atoms with Gasteiger partial charge in [0.15, 0.2) is 0 Å². The molecule has 5 nitrogen and oxygen atoms in total. The van der Waals surface area contributed by atoms with Crippen LogP contribution in [0.5, 0.6) is 0 Å². The third-order valence-corrected chi connectivity index (χ3v) is 4.52. The van der Waals surface area contributed by atoms with Gasteiger partial charge in [0.25, 0.3) is 5.56 Å². The van der Waals surface area contributed by atoms with Crippen molar-refractivity contribution in [3.8, 4) is 0 Å². The number of carbonyl (C=O) groups is 1. The Balaban J connectivity index is 1.65. The van der Waals surface area contributed by atoms with Crippen LogP contribution < -0.4 is 5.56 Å². The molecule has 0 atom stereocenters. The molecule has 5 heteroatoms. The summed E-state index contributed by atoms with van der Waals surface area (Å²) in [5.41, 5.74) is 1.19. The molecule has 1 fully saturated rings. The summed E-state index contributed by atoms with van der Waals surface area (Å²) in [7, 11) is 0. The number of aromatic nitrogens is 1. The van der Waals surface area contributed by atoms with Crippen LogP contribution in [0.3, 0.4) is 0 Å². The maximum atomic E-state index is 12.5. The minimum atomic E-state index is -0.166. The van der Waals surface area contributed by atoms with Crippen LogP contribution in [0.1, 0.15) is 19.4 Å². The number of H-pyrrole nitrogens is 1. The van der Waals surface area contributed by atoms with Gasteiger partial charge in [0.2, 0.25) is 5.91 Å². The van der Waals surface area contributed by atoms with Crippen molar-refractivity contribution in [2.24, 2.45) is 5.92 Å². The monoisotopic (exact) mass is 327 g/mol. The van der Waals surface area contributed by atoms with Gasteiger partial charge in [0.1, 0.15) is 0 Å². The number of carbonyl (C=O) groups excluding carboxylic acids is 1. The summed E-state index contributed by atoms with van der Waals surface area (Å²) < 4.78 is 0. The smallest absolute Gasteiger partial charge is 0.252 e. The first kappa shape index (κ1) is 16.7. The SMILES string of the molecule is CC(C)CN1CCN(C(=O)Cc2cc3ccccc3[nH]c2=O)CC1. The number of hydrogen-bond donors (Lipinski definition) is 1. The summed E-state index contributed by atoms with van der Waals surface area (Å²) >= 11 is 0. The second kappa shape index (κ2) is 7.18. The van der Waals surface area contributed by atoms with Crippen molar-refractivity contribution in [2.45, 2.75) is 20.3 Å². The van der Waals surface area contributed by atoms with Crippen molar-refractivity contribution in [3.63, 3.8) is 0 Å². The van der Waals surface area contributed by atoms with Crippen molar-refractivity contribution in [2.75, 3.05) is 32.7 Å². The lowest BCUT2D eigenvalue weighted by Crippen LogP contribution is -2.50. The molecular weight excluding hydrogens is 302 g/mol. The van der Waals surface area contributed by atoms with E-state index in [1.807, 2.05) is 35.2 Å². The van der Waals surface area contributed by atoms with Crippen LogP contribution >= 0.6 is 0 Å². The molecule has 1 amide bonds. The molecule has 0 radical (unpaired) electrons. The van der Waals surface area contributed by atoms with E-state index >= 15 is 0 Å².